The molecule has 1 aromatic rings. The Kier molecular flexibility index (Phi) is 3.34. The normalized spacial score (nSPS) is 11.3. The molecule has 82 valence electrons. The Hall–Kier alpha value is -1.09. The molecular weight excluding hydrogens is 204 g/mol. The van der Waals surface area contributed by atoms with E-state index in [1.807, 2.05) is 26.0 Å². The lowest BCUT2D eigenvalue weighted by molar-refractivity contribution is 0.112. The van der Waals surface area contributed by atoms with Crippen LogP contribution in [0.15, 0.2) is 12.1 Å². The van der Waals surface area contributed by atoms with Gasteiger partial charge in [0.05, 0.1) is 0 Å². The second-order valence-corrected chi connectivity index (χ2v) is 9.23. The van der Waals surface area contributed by atoms with E-state index in [2.05, 4.69) is 19.6 Å². The molecule has 0 atom stereocenters. The first-order chi connectivity index (χ1) is 6.83. The van der Waals surface area contributed by atoms with Crippen molar-refractivity contribution in [3.8, 4) is 5.75 Å². The zero-order valence-electron chi connectivity index (χ0n) is 10.0. The Bertz CT molecular complexity index is 355. The molecule has 0 heterocycles. The number of carbonyl (C=O) groups excluding carboxylic acids is 1. The number of hydrogen-bond donors (Lipinski definition) is 0. The number of aldehydes is 1. The van der Waals surface area contributed by atoms with Crippen LogP contribution in [0.25, 0.3) is 0 Å². The van der Waals surface area contributed by atoms with Crippen LogP contribution in [0.1, 0.15) is 21.5 Å². The summed E-state index contributed by atoms with van der Waals surface area (Å²) in [6.45, 7) is 10.3. The molecule has 2 nitrogen and oxygen atoms in total. The summed E-state index contributed by atoms with van der Waals surface area (Å²) < 4.78 is 5.89. The molecule has 0 aliphatic carbocycles. The first kappa shape index (κ1) is 12.0. The van der Waals surface area contributed by atoms with Crippen LogP contribution < -0.4 is 4.43 Å². The van der Waals surface area contributed by atoms with Gasteiger partial charge in [0.15, 0.2) is 6.29 Å². The van der Waals surface area contributed by atoms with Gasteiger partial charge in [0.1, 0.15) is 5.75 Å². The number of benzene rings is 1. The zero-order valence-corrected chi connectivity index (χ0v) is 11.0. The lowest BCUT2D eigenvalue weighted by Crippen LogP contribution is -2.29. The molecule has 1 aromatic carbocycles. The molecule has 0 saturated carbocycles. The summed E-state index contributed by atoms with van der Waals surface area (Å²) in [7, 11) is -1.56. The number of aryl methyl sites for hydroxylation is 2. The highest BCUT2D eigenvalue weighted by Crippen LogP contribution is 2.22. The standard InChI is InChI=1S/C12H18O2Si/c1-9-6-11(14-15(3,4)5)7-10(2)12(9)8-13/h6-8H,1-5H3. The van der Waals surface area contributed by atoms with Gasteiger partial charge in [-0.25, -0.2) is 0 Å². The molecule has 0 amide bonds. The summed E-state index contributed by atoms with van der Waals surface area (Å²) in [6, 6.07) is 3.88. The van der Waals surface area contributed by atoms with Crippen LogP contribution in [-0.2, 0) is 0 Å². The van der Waals surface area contributed by atoms with Crippen molar-refractivity contribution in [2.75, 3.05) is 0 Å². The predicted molar refractivity (Wildman–Crippen MR) is 65.3 cm³/mol. The molecular formula is C12H18O2Si. The second-order valence-electron chi connectivity index (χ2n) is 4.80. The Labute approximate surface area is 92.4 Å². The number of rotatable bonds is 3. The Morgan fingerprint density at radius 1 is 1.13 bits per heavy atom. The molecule has 0 radical (unpaired) electrons. The zero-order chi connectivity index (χ0) is 11.6. The highest BCUT2D eigenvalue weighted by atomic mass is 28.4. The van der Waals surface area contributed by atoms with E-state index in [0.717, 1.165) is 28.7 Å². The third-order valence-corrected chi connectivity index (χ3v) is 2.96. The molecule has 3 heteroatoms. The second kappa shape index (κ2) is 4.19. The maximum atomic E-state index is 10.8. The minimum Gasteiger partial charge on any atom is -0.544 e. The molecule has 0 bridgehead atoms. The summed E-state index contributed by atoms with van der Waals surface area (Å²) in [6.07, 6.45) is 0.906. The van der Waals surface area contributed by atoms with Crippen molar-refractivity contribution in [2.24, 2.45) is 0 Å². The van der Waals surface area contributed by atoms with Gasteiger partial charge in [-0.2, -0.15) is 0 Å². The van der Waals surface area contributed by atoms with Crippen LogP contribution in [0.2, 0.25) is 19.6 Å². The molecule has 15 heavy (non-hydrogen) atoms. The topological polar surface area (TPSA) is 26.3 Å². The van der Waals surface area contributed by atoms with Gasteiger partial charge >= 0.3 is 0 Å². The van der Waals surface area contributed by atoms with Crippen molar-refractivity contribution in [3.05, 3.63) is 28.8 Å². The van der Waals surface area contributed by atoms with Crippen molar-refractivity contribution < 1.29 is 9.22 Å². The molecule has 0 aromatic heterocycles. The van der Waals surface area contributed by atoms with E-state index >= 15 is 0 Å². The van der Waals surface area contributed by atoms with Crippen LogP contribution >= 0.6 is 0 Å². The third kappa shape index (κ3) is 3.20. The molecule has 0 aliphatic heterocycles. The molecule has 0 N–H and O–H groups in total. The van der Waals surface area contributed by atoms with Gasteiger partial charge in [-0.3, -0.25) is 4.79 Å². The monoisotopic (exact) mass is 222 g/mol. The van der Waals surface area contributed by atoms with Crippen LogP contribution in [0.3, 0.4) is 0 Å². The lowest BCUT2D eigenvalue weighted by Gasteiger charge is -2.20. The minimum absolute atomic E-state index is 0.776. The molecule has 0 fully saturated rings. The van der Waals surface area contributed by atoms with Crippen molar-refractivity contribution >= 4 is 14.6 Å². The molecule has 1 rings (SSSR count). The first-order valence-corrected chi connectivity index (χ1v) is 8.50. The molecule has 0 unspecified atom stereocenters. The fraction of sp³-hybridized carbons (Fsp3) is 0.417. The van der Waals surface area contributed by atoms with Gasteiger partial charge < -0.3 is 4.43 Å². The fourth-order valence-electron chi connectivity index (χ4n) is 1.53. The van der Waals surface area contributed by atoms with Gasteiger partial charge in [-0.1, -0.05) is 0 Å². The summed E-state index contributed by atoms with van der Waals surface area (Å²) >= 11 is 0. The van der Waals surface area contributed by atoms with Crippen molar-refractivity contribution in [1.29, 1.82) is 0 Å². The highest BCUT2D eigenvalue weighted by Gasteiger charge is 2.17. The average Bonchev–Trinajstić information content (AvgIpc) is 1.99. The predicted octanol–water partition coefficient (Wildman–Crippen LogP) is 3.33. The van der Waals surface area contributed by atoms with Gasteiger partial charge in [-0.05, 0) is 56.7 Å². The van der Waals surface area contributed by atoms with E-state index in [9.17, 15) is 4.79 Å². The van der Waals surface area contributed by atoms with E-state index in [0.29, 0.717) is 0 Å². The largest absolute Gasteiger partial charge is 0.544 e. The highest BCUT2D eigenvalue weighted by molar-refractivity contribution is 6.70. The Balaban J connectivity index is 3.09. The number of carbonyl (C=O) groups is 1. The lowest BCUT2D eigenvalue weighted by atomic mass is 10.0. The van der Waals surface area contributed by atoms with Gasteiger partial charge in [-0.15, -0.1) is 0 Å². The van der Waals surface area contributed by atoms with E-state index in [4.69, 9.17) is 4.43 Å². The maximum Gasteiger partial charge on any atom is 0.242 e. The number of hydrogen-bond acceptors (Lipinski definition) is 2. The van der Waals surface area contributed by atoms with Gasteiger partial charge in [0, 0.05) is 5.56 Å². The van der Waals surface area contributed by atoms with Gasteiger partial charge in [0.25, 0.3) is 0 Å². The summed E-state index contributed by atoms with van der Waals surface area (Å²) in [4.78, 5) is 10.8. The van der Waals surface area contributed by atoms with Crippen LogP contribution in [0.4, 0.5) is 0 Å². The minimum atomic E-state index is -1.56. The van der Waals surface area contributed by atoms with Crippen LogP contribution in [0.5, 0.6) is 5.75 Å². The van der Waals surface area contributed by atoms with Crippen molar-refractivity contribution in [3.63, 3.8) is 0 Å². The molecule has 0 spiro atoms. The van der Waals surface area contributed by atoms with Gasteiger partial charge in [0.2, 0.25) is 8.32 Å². The van der Waals surface area contributed by atoms with E-state index in [-0.39, 0.29) is 0 Å². The first-order valence-electron chi connectivity index (χ1n) is 5.09. The Morgan fingerprint density at radius 2 is 1.60 bits per heavy atom. The summed E-state index contributed by atoms with van der Waals surface area (Å²) in [5, 5.41) is 0. The fourth-order valence-corrected chi connectivity index (χ4v) is 2.36. The summed E-state index contributed by atoms with van der Waals surface area (Å²) in [5.74, 6) is 0.884. The third-order valence-electron chi connectivity index (χ3n) is 2.11. The smallest absolute Gasteiger partial charge is 0.242 e. The van der Waals surface area contributed by atoms with Crippen LogP contribution in [0, 0.1) is 13.8 Å². The van der Waals surface area contributed by atoms with Crippen molar-refractivity contribution in [1.82, 2.24) is 0 Å². The SMILES string of the molecule is Cc1cc(O[Si](C)(C)C)cc(C)c1C=O. The van der Waals surface area contributed by atoms with E-state index in [1.54, 1.807) is 0 Å². The quantitative estimate of drug-likeness (QED) is 0.579. The summed E-state index contributed by atoms with van der Waals surface area (Å²) in [5.41, 5.74) is 2.74. The molecule has 0 saturated heterocycles. The van der Waals surface area contributed by atoms with E-state index < -0.39 is 8.32 Å². The molecule has 0 aliphatic rings. The van der Waals surface area contributed by atoms with Crippen molar-refractivity contribution in [2.45, 2.75) is 33.5 Å². The average molecular weight is 222 g/mol. The van der Waals surface area contributed by atoms with E-state index in [1.165, 1.54) is 0 Å². The Morgan fingerprint density at radius 3 is 1.93 bits per heavy atom. The maximum absolute atomic E-state index is 10.8. The van der Waals surface area contributed by atoms with Crippen LogP contribution in [-0.4, -0.2) is 14.6 Å².